The number of nitrogens with zero attached hydrogens (tertiary/aromatic N) is 1. The third kappa shape index (κ3) is 3.64. The van der Waals surface area contributed by atoms with E-state index in [0.29, 0.717) is 28.6 Å². The number of halogens is 1. The number of rotatable bonds is 6. The van der Waals surface area contributed by atoms with Crippen LogP contribution in [0, 0.1) is 10.1 Å². The van der Waals surface area contributed by atoms with Gasteiger partial charge >= 0.3 is 5.69 Å². The molecule has 0 amide bonds. The maximum absolute atomic E-state index is 11.4. The monoisotopic (exact) mass is 305 g/mol. The highest BCUT2D eigenvalue weighted by atomic mass is 35.5. The predicted molar refractivity (Wildman–Crippen MR) is 86.6 cm³/mol. The summed E-state index contributed by atoms with van der Waals surface area (Å²) in [6.45, 7) is 2.68. The van der Waals surface area contributed by atoms with Gasteiger partial charge < -0.3 is 10.6 Å². The third-order valence-electron chi connectivity index (χ3n) is 2.93. The number of hydrogen-bond acceptors (Lipinski definition) is 4. The lowest BCUT2D eigenvalue weighted by Gasteiger charge is -2.12. The molecule has 0 aromatic heterocycles. The predicted octanol–water partition coefficient (Wildman–Crippen LogP) is 4.81. The molecule has 0 aliphatic heterocycles. The third-order valence-corrected chi connectivity index (χ3v) is 3.26. The van der Waals surface area contributed by atoms with Crippen molar-refractivity contribution < 1.29 is 4.92 Å². The van der Waals surface area contributed by atoms with Crippen molar-refractivity contribution in [3.63, 3.8) is 0 Å². The molecule has 0 radical (unpaired) electrons. The summed E-state index contributed by atoms with van der Waals surface area (Å²) >= 11 is 6.08. The molecule has 0 saturated heterocycles. The van der Waals surface area contributed by atoms with Gasteiger partial charge in [0, 0.05) is 6.54 Å². The fraction of sp³-hybridized carbons (Fsp3) is 0.200. The van der Waals surface area contributed by atoms with E-state index in [0.717, 1.165) is 6.42 Å². The van der Waals surface area contributed by atoms with E-state index in [-0.39, 0.29) is 5.69 Å². The Hall–Kier alpha value is -2.27. The summed E-state index contributed by atoms with van der Waals surface area (Å²) in [7, 11) is 0. The Labute approximate surface area is 128 Å². The van der Waals surface area contributed by atoms with Gasteiger partial charge in [-0.25, -0.2) is 0 Å². The molecule has 0 spiro atoms. The summed E-state index contributed by atoms with van der Waals surface area (Å²) in [5.74, 6) is 0. The van der Waals surface area contributed by atoms with Gasteiger partial charge in [0.1, 0.15) is 11.4 Å². The van der Waals surface area contributed by atoms with Gasteiger partial charge in [0.15, 0.2) is 0 Å². The smallest absolute Gasteiger partial charge is 0.315 e. The molecule has 0 saturated carbocycles. The number of nitro benzene ring substituents is 1. The first-order valence-electron chi connectivity index (χ1n) is 6.66. The Bertz CT molecular complexity index is 647. The molecule has 110 valence electrons. The highest BCUT2D eigenvalue weighted by molar-refractivity contribution is 6.33. The van der Waals surface area contributed by atoms with Gasteiger partial charge in [0.25, 0.3) is 0 Å². The van der Waals surface area contributed by atoms with E-state index in [1.807, 2.05) is 13.0 Å². The molecule has 2 aromatic rings. The minimum atomic E-state index is -0.392. The Kier molecular flexibility index (Phi) is 5.00. The molecular weight excluding hydrogens is 290 g/mol. The van der Waals surface area contributed by atoms with Crippen molar-refractivity contribution in [2.24, 2.45) is 0 Å². The zero-order valence-corrected chi connectivity index (χ0v) is 12.4. The lowest BCUT2D eigenvalue weighted by Crippen LogP contribution is -2.05. The van der Waals surface area contributed by atoms with Crippen molar-refractivity contribution in [2.75, 3.05) is 17.2 Å². The molecule has 2 rings (SSSR count). The average molecular weight is 306 g/mol. The number of benzene rings is 2. The highest BCUT2D eigenvalue weighted by Crippen LogP contribution is 2.36. The van der Waals surface area contributed by atoms with Crippen LogP contribution in [0.15, 0.2) is 42.5 Å². The van der Waals surface area contributed by atoms with Gasteiger partial charge in [-0.1, -0.05) is 36.7 Å². The largest absolute Gasteiger partial charge is 0.379 e. The van der Waals surface area contributed by atoms with Crippen molar-refractivity contribution in [1.82, 2.24) is 0 Å². The van der Waals surface area contributed by atoms with Crippen LogP contribution in [0.25, 0.3) is 0 Å². The summed E-state index contributed by atoms with van der Waals surface area (Å²) in [6.07, 6.45) is 0.888. The average Bonchev–Trinajstić information content (AvgIpc) is 2.47. The summed E-state index contributed by atoms with van der Waals surface area (Å²) in [6, 6.07) is 12.3. The summed E-state index contributed by atoms with van der Waals surface area (Å²) in [5.41, 5.74) is 1.56. The maximum Gasteiger partial charge on any atom is 0.315 e. The standard InChI is InChI=1S/C15H16ClN3O2/c1-2-10-17-13-8-5-9-14(15(13)19(20)21)18-12-7-4-3-6-11(12)16/h3-9,17-18H,2,10H2,1H3. The molecule has 0 aliphatic rings. The lowest BCUT2D eigenvalue weighted by atomic mass is 10.2. The molecular formula is C15H16ClN3O2. The molecule has 2 aromatic carbocycles. The molecule has 2 N–H and O–H groups in total. The Morgan fingerprint density at radius 3 is 2.43 bits per heavy atom. The summed E-state index contributed by atoms with van der Waals surface area (Å²) < 4.78 is 0. The minimum absolute atomic E-state index is 0.0193. The van der Waals surface area contributed by atoms with E-state index in [1.165, 1.54) is 0 Å². The number of nitrogens with one attached hydrogen (secondary N) is 2. The zero-order chi connectivity index (χ0) is 15.2. The van der Waals surface area contributed by atoms with Crippen LogP contribution in [0.3, 0.4) is 0 Å². The van der Waals surface area contributed by atoms with Gasteiger partial charge in [0.05, 0.1) is 15.6 Å². The van der Waals surface area contributed by atoms with Crippen LogP contribution in [0.1, 0.15) is 13.3 Å². The second-order valence-electron chi connectivity index (χ2n) is 4.49. The van der Waals surface area contributed by atoms with Crippen molar-refractivity contribution in [2.45, 2.75) is 13.3 Å². The zero-order valence-electron chi connectivity index (χ0n) is 11.6. The van der Waals surface area contributed by atoms with E-state index < -0.39 is 4.92 Å². The SMILES string of the molecule is CCCNc1cccc(Nc2ccccc2Cl)c1[N+](=O)[O-]. The Morgan fingerprint density at radius 1 is 1.10 bits per heavy atom. The summed E-state index contributed by atoms with van der Waals surface area (Å²) in [4.78, 5) is 11.0. The van der Waals surface area contributed by atoms with E-state index in [9.17, 15) is 10.1 Å². The fourth-order valence-electron chi connectivity index (χ4n) is 1.95. The Morgan fingerprint density at radius 2 is 1.76 bits per heavy atom. The molecule has 5 nitrogen and oxygen atoms in total. The second kappa shape index (κ2) is 6.95. The summed E-state index contributed by atoms with van der Waals surface area (Å²) in [5, 5.41) is 18.0. The number of nitro groups is 1. The molecule has 0 bridgehead atoms. The van der Waals surface area contributed by atoms with Crippen molar-refractivity contribution in [3.8, 4) is 0 Å². The topological polar surface area (TPSA) is 67.2 Å². The van der Waals surface area contributed by atoms with Gasteiger partial charge in [-0.05, 0) is 30.7 Å². The van der Waals surface area contributed by atoms with Crippen LogP contribution in [-0.2, 0) is 0 Å². The number of hydrogen-bond donors (Lipinski definition) is 2. The quantitative estimate of drug-likeness (QED) is 0.593. The first-order valence-corrected chi connectivity index (χ1v) is 7.04. The van der Waals surface area contributed by atoms with Crippen LogP contribution in [0.2, 0.25) is 5.02 Å². The van der Waals surface area contributed by atoms with E-state index in [1.54, 1.807) is 36.4 Å². The molecule has 0 aliphatic carbocycles. The van der Waals surface area contributed by atoms with Crippen molar-refractivity contribution in [3.05, 3.63) is 57.6 Å². The molecule has 0 atom stereocenters. The minimum Gasteiger partial charge on any atom is -0.379 e. The van der Waals surface area contributed by atoms with Gasteiger partial charge in [-0.3, -0.25) is 10.1 Å². The first-order chi connectivity index (χ1) is 10.1. The van der Waals surface area contributed by atoms with Gasteiger partial charge in [-0.2, -0.15) is 0 Å². The van der Waals surface area contributed by atoms with E-state index in [4.69, 9.17) is 11.6 Å². The maximum atomic E-state index is 11.4. The number of anilines is 3. The molecule has 21 heavy (non-hydrogen) atoms. The molecule has 0 heterocycles. The molecule has 0 unspecified atom stereocenters. The van der Waals surface area contributed by atoms with Gasteiger partial charge in [-0.15, -0.1) is 0 Å². The lowest BCUT2D eigenvalue weighted by molar-refractivity contribution is -0.383. The molecule has 0 fully saturated rings. The second-order valence-corrected chi connectivity index (χ2v) is 4.90. The van der Waals surface area contributed by atoms with Crippen LogP contribution < -0.4 is 10.6 Å². The van der Waals surface area contributed by atoms with Crippen LogP contribution in [-0.4, -0.2) is 11.5 Å². The highest BCUT2D eigenvalue weighted by Gasteiger charge is 2.19. The van der Waals surface area contributed by atoms with Crippen molar-refractivity contribution in [1.29, 1.82) is 0 Å². The van der Waals surface area contributed by atoms with Crippen LogP contribution in [0.5, 0.6) is 0 Å². The van der Waals surface area contributed by atoms with Crippen LogP contribution in [0.4, 0.5) is 22.7 Å². The normalized spacial score (nSPS) is 10.2. The first kappa shape index (κ1) is 15.1. The number of para-hydroxylation sites is 2. The van der Waals surface area contributed by atoms with E-state index in [2.05, 4.69) is 10.6 Å². The van der Waals surface area contributed by atoms with Crippen molar-refractivity contribution >= 4 is 34.4 Å². The van der Waals surface area contributed by atoms with Crippen LogP contribution >= 0.6 is 11.6 Å². The fourth-order valence-corrected chi connectivity index (χ4v) is 2.13. The van der Waals surface area contributed by atoms with Gasteiger partial charge in [0.2, 0.25) is 0 Å². The Balaban J connectivity index is 2.39. The van der Waals surface area contributed by atoms with E-state index >= 15 is 0 Å². The molecule has 6 heteroatoms.